The molecule has 1 fully saturated rings. The quantitative estimate of drug-likeness (QED) is 0.620. The summed E-state index contributed by atoms with van der Waals surface area (Å²) in [5.74, 6) is 0.706. The van der Waals surface area contributed by atoms with Crippen LogP contribution in [0.1, 0.15) is 50.2 Å². The van der Waals surface area contributed by atoms with E-state index in [-0.39, 0.29) is 5.41 Å². The zero-order valence-corrected chi connectivity index (χ0v) is 14.9. The maximum absolute atomic E-state index is 4.45. The van der Waals surface area contributed by atoms with Crippen molar-refractivity contribution in [3.05, 3.63) is 59.7 Å². The van der Waals surface area contributed by atoms with Crippen LogP contribution in [0.2, 0.25) is 0 Å². The summed E-state index contributed by atoms with van der Waals surface area (Å²) in [6.07, 6.45) is 6.74. The monoisotopic (exact) mass is 328 g/mol. The molecule has 0 aromatic heterocycles. The molecule has 0 bridgehead atoms. The summed E-state index contributed by atoms with van der Waals surface area (Å²) in [4.78, 5) is 2.06. The van der Waals surface area contributed by atoms with Crippen LogP contribution in [0, 0.1) is 5.92 Å². The molecule has 1 aliphatic carbocycles. The fourth-order valence-electron chi connectivity index (χ4n) is 3.93. The molecule has 3 rings (SSSR count). The first-order valence-electron chi connectivity index (χ1n) is 8.20. The lowest BCUT2D eigenvalue weighted by atomic mass is 9.63. The molecule has 2 heteroatoms. The molecule has 2 aromatic rings. The summed E-state index contributed by atoms with van der Waals surface area (Å²) < 4.78 is 0. The van der Waals surface area contributed by atoms with Crippen molar-refractivity contribution in [2.45, 2.75) is 54.2 Å². The molecule has 0 nitrogen and oxygen atoms in total. The van der Waals surface area contributed by atoms with Gasteiger partial charge in [-0.2, -0.15) is 0 Å². The largest absolute Gasteiger partial charge is 0.143 e. The fourth-order valence-corrected chi connectivity index (χ4v) is 4.23. The lowest BCUT2D eigenvalue weighted by Crippen LogP contribution is -2.34. The fraction of sp³-hybridized carbons (Fsp3) is 0.400. The smallest absolute Gasteiger partial charge is 0.0202 e. The van der Waals surface area contributed by atoms with Gasteiger partial charge in [-0.25, -0.2) is 0 Å². The van der Waals surface area contributed by atoms with Gasteiger partial charge < -0.3 is 0 Å². The minimum atomic E-state index is 0.0728. The van der Waals surface area contributed by atoms with Gasteiger partial charge in [0.25, 0.3) is 0 Å². The van der Waals surface area contributed by atoms with Gasteiger partial charge in [0.05, 0.1) is 0 Å². The molecule has 22 heavy (non-hydrogen) atoms. The normalized spacial score (nSPS) is 16.7. The zero-order valence-electron chi connectivity index (χ0n) is 13.1. The molecule has 0 aliphatic heterocycles. The average Bonchev–Trinajstić information content (AvgIpc) is 2.56. The van der Waals surface area contributed by atoms with Crippen LogP contribution in [0.4, 0.5) is 0 Å². The molecular weight excluding hydrogens is 304 g/mol. The Morgan fingerprint density at radius 3 is 1.55 bits per heavy atom. The highest BCUT2D eigenvalue weighted by atomic mass is 32.1. The minimum Gasteiger partial charge on any atom is -0.143 e. The van der Waals surface area contributed by atoms with E-state index in [0.717, 1.165) is 9.79 Å². The Morgan fingerprint density at radius 1 is 0.727 bits per heavy atom. The lowest BCUT2D eigenvalue weighted by Gasteiger charge is -2.41. The topological polar surface area (TPSA) is 0 Å². The van der Waals surface area contributed by atoms with Crippen molar-refractivity contribution in [1.29, 1.82) is 0 Å². The van der Waals surface area contributed by atoms with E-state index in [0.29, 0.717) is 5.92 Å². The third-order valence-corrected chi connectivity index (χ3v) is 5.95. The average molecular weight is 329 g/mol. The summed E-state index contributed by atoms with van der Waals surface area (Å²) in [5.41, 5.74) is 2.89. The summed E-state index contributed by atoms with van der Waals surface area (Å²) >= 11 is 8.89. The number of thiol groups is 2. The number of hydrogen-bond donors (Lipinski definition) is 2. The molecule has 116 valence electrons. The summed E-state index contributed by atoms with van der Waals surface area (Å²) in [5, 5.41) is 0. The number of rotatable bonds is 3. The highest BCUT2D eigenvalue weighted by Gasteiger charge is 2.37. The van der Waals surface area contributed by atoms with Crippen LogP contribution in [-0.4, -0.2) is 0 Å². The molecule has 0 saturated heterocycles. The van der Waals surface area contributed by atoms with Gasteiger partial charge in [0.2, 0.25) is 0 Å². The Morgan fingerprint density at radius 2 is 1.14 bits per heavy atom. The van der Waals surface area contributed by atoms with Crippen molar-refractivity contribution in [1.82, 2.24) is 0 Å². The van der Waals surface area contributed by atoms with Crippen molar-refractivity contribution in [2.24, 2.45) is 5.92 Å². The van der Waals surface area contributed by atoms with Crippen molar-refractivity contribution in [3.8, 4) is 0 Å². The van der Waals surface area contributed by atoms with E-state index < -0.39 is 0 Å². The van der Waals surface area contributed by atoms with Gasteiger partial charge in [0.1, 0.15) is 0 Å². The van der Waals surface area contributed by atoms with Gasteiger partial charge >= 0.3 is 0 Å². The predicted molar refractivity (Wildman–Crippen MR) is 100 cm³/mol. The van der Waals surface area contributed by atoms with Crippen LogP contribution in [0.5, 0.6) is 0 Å². The van der Waals surface area contributed by atoms with Crippen LogP contribution in [0.25, 0.3) is 0 Å². The van der Waals surface area contributed by atoms with Gasteiger partial charge in [0, 0.05) is 15.2 Å². The third-order valence-electron chi connectivity index (χ3n) is 5.36. The standard InChI is InChI=1S/C20H24S2/c1-20(15-5-3-2-4-6-15,16-7-11-18(21)12-8-16)17-9-13-19(22)14-10-17/h7-15,21-22H,2-6H2,1H3. The van der Waals surface area contributed by atoms with Gasteiger partial charge in [-0.05, 0) is 54.2 Å². The number of benzene rings is 2. The van der Waals surface area contributed by atoms with Crippen LogP contribution in [0.15, 0.2) is 58.3 Å². The maximum Gasteiger partial charge on any atom is 0.0202 e. The summed E-state index contributed by atoms with van der Waals surface area (Å²) in [7, 11) is 0. The molecule has 0 unspecified atom stereocenters. The van der Waals surface area contributed by atoms with E-state index in [1.807, 2.05) is 0 Å². The van der Waals surface area contributed by atoms with Gasteiger partial charge in [-0.15, -0.1) is 25.3 Å². The molecule has 0 spiro atoms. The molecule has 1 aliphatic rings. The van der Waals surface area contributed by atoms with E-state index in [4.69, 9.17) is 0 Å². The second-order valence-corrected chi connectivity index (χ2v) is 7.66. The van der Waals surface area contributed by atoms with E-state index in [9.17, 15) is 0 Å². The molecule has 0 heterocycles. The van der Waals surface area contributed by atoms with E-state index in [1.165, 1.54) is 43.2 Å². The Hall–Kier alpha value is -0.860. The Bertz CT molecular complexity index is 562. The lowest BCUT2D eigenvalue weighted by molar-refractivity contribution is 0.254. The van der Waals surface area contributed by atoms with Gasteiger partial charge in [-0.1, -0.05) is 50.5 Å². The van der Waals surface area contributed by atoms with Crippen LogP contribution >= 0.6 is 25.3 Å². The Kier molecular flexibility index (Phi) is 4.89. The van der Waals surface area contributed by atoms with Crippen molar-refractivity contribution in [2.75, 3.05) is 0 Å². The molecule has 0 amide bonds. The molecule has 2 aromatic carbocycles. The highest BCUT2D eigenvalue weighted by molar-refractivity contribution is 7.80. The molecular formula is C20H24S2. The second-order valence-electron chi connectivity index (χ2n) is 6.63. The first kappa shape index (κ1) is 16.0. The van der Waals surface area contributed by atoms with Gasteiger partial charge in [-0.3, -0.25) is 0 Å². The summed E-state index contributed by atoms with van der Waals surface area (Å²) in [6, 6.07) is 17.5. The molecule has 0 radical (unpaired) electrons. The Balaban J connectivity index is 2.08. The minimum absolute atomic E-state index is 0.0728. The van der Waals surface area contributed by atoms with E-state index in [1.54, 1.807) is 0 Å². The van der Waals surface area contributed by atoms with Crippen molar-refractivity contribution < 1.29 is 0 Å². The zero-order chi connectivity index (χ0) is 15.6. The summed E-state index contributed by atoms with van der Waals surface area (Å²) in [6.45, 7) is 2.42. The second kappa shape index (κ2) is 6.72. The van der Waals surface area contributed by atoms with Crippen LogP contribution < -0.4 is 0 Å². The SMILES string of the molecule is CC(c1ccc(S)cc1)(c1ccc(S)cc1)C1CCCCC1. The molecule has 0 atom stereocenters. The Labute approximate surface area is 145 Å². The van der Waals surface area contributed by atoms with Gasteiger partial charge in [0.15, 0.2) is 0 Å². The highest BCUT2D eigenvalue weighted by Crippen LogP contribution is 2.45. The maximum atomic E-state index is 4.45. The first-order chi connectivity index (χ1) is 10.6. The number of hydrogen-bond acceptors (Lipinski definition) is 2. The predicted octanol–water partition coefficient (Wildman–Crippen LogP) is 6.15. The van der Waals surface area contributed by atoms with Crippen LogP contribution in [0.3, 0.4) is 0 Å². The van der Waals surface area contributed by atoms with Crippen molar-refractivity contribution in [3.63, 3.8) is 0 Å². The first-order valence-corrected chi connectivity index (χ1v) is 9.09. The van der Waals surface area contributed by atoms with Crippen molar-refractivity contribution >= 4 is 25.3 Å². The molecule has 1 saturated carbocycles. The van der Waals surface area contributed by atoms with Crippen LogP contribution in [-0.2, 0) is 5.41 Å². The van der Waals surface area contributed by atoms with E-state index in [2.05, 4.69) is 80.7 Å². The third kappa shape index (κ3) is 3.09. The van der Waals surface area contributed by atoms with E-state index >= 15 is 0 Å². The molecule has 0 N–H and O–H groups in total.